The average molecular weight is 380 g/mol. The summed E-state index contributed by atoms with van der Waals surface area (Å²) in [6.07, 6.45) is 0. The van der Waals surface area contributed by atoms with Crippen molar-refractivity contribution in [2.24, 2.45) is 0 Å². The fourth-order valence-electron chi connectivity index (χ4n) is 2.90. The Labute approximate surface area is 159 Å². The van der Waals surface area contributed by atoms with E-state index in [1.807, 2.05) is 30.3 Å². The van der Waals surface area contributed by atoms with Crippen LogP contribution in [0.1, 0.15) is 23.2 Å². The number of aromatic nitrogens is 2. The first-order chi connectivity index (χ1) is 13.0. The highest BCUT2D eigenvalue weighted by atomic mass is 35.5. The fourth-order valence-corrected chi connectivity index (χ4v) is 3.07. The van der Waals surface area contributed by atoms with E-state index >= 15 is 0 Å². The van der Waals surface area contributed by atoms with Crippen LogP contribution in [0.5, 0.6) is 0 Å². The lowest BCUT2D eigenvalue weighted by Gasteiger charge is -2.03. The number of hydrogen-bond acceptors (Lipinski definition) is 4. The Balaban J connectivity index is 1.78. The van der Waals surface area contributed by atoms with Gasteiger partial charge in [-0.1, -0.05) is 47.1 Å². The summed E-state index contributed by atoms with van der Waals surface area (Å²) in [5.41, 5.74) is 2.62. The normalized spacial score (nSPS) is 10.9. The molecule has 4 rings (SSSR count). The predicted octanol–water partition coefficient (Wildman–Crippen LogP) is 4.67. The molecule has 0 saturated carbocycles. The van der Waals surface area contributed by atoms with Gasteiger partial charge in [0.2, 0.25) is 17.5 Å². The molecule has 134 valence electrons. The Morgan fingerprint density at radius 1 is 1.11 bits per heavy atom. The maximum absolute atomic E-state index is 13.0. The number of halogens is 1. The quantitative estimate of drug-likeness (QED) is 0.504. The molecule has 0 bridgehead atoms. The van der Waals surface area contributed by atoms with E-state index < -0.39 is 5.78 Å². The zero-order valence-electron chi connectivity index (χ0n) is 14.2. The highest BCUT2D eigenvalue weighted by Gasteiger charge is 2.24. The van der Waals surface area contributed by atoms with E-state index in [1.54, 1.807) is 24.3 Å². The first-order valence-corrected chi connectivity index (χ1v) is 8.56. The lowest BCUT2D eigenvalue weighted by Crippen LogP contribution is -2.10. The van der Waals surface area contributed by atoms with Crippen molar-refractivity contribution in [2.75, 3.05) is 5.32 Å². The van der Waals surface area contributed by atoms with Crippen LogP contribution in [0.2, 0.25) is 5.02 Å². The van der Waals surface area contributed by atoms with Crippen LogP contribution in [0.25, 0.3) is 22.2 Å². The van der Waals surface area contributed by atoms with Crippen molar-refractivity contribution < 1.29 is 14.1 Å². The minimum Gasteiger partial charge on any atom is -0.352 e. The first-order valence-electron chi connectivity index (χ1n) is 8.18. The van der Waals surface area contributed by atoms with E-state index in [4.69, 9.17) is 16.1 Å². The van der Waals surface area contributed by atoms with Crippen molar-refractivity contribution in [2.45, 2.75) is 6.92 Å². The minimum absolute atomic E-state index is 0.0677. The molecular weight excluding hydrogens is 366 g/mol. The lowest BCUT2D eigenvalue weighted by atomic mass is 10.1. The van der Waals surface area contributed by atoms with Crippen molar-refractivity contribution >= 4 is 39.9 Å². The fraction of sp³-hybridized carbons (Fsp3) is 0.0500. The van der Waals surface area contributed by atoms with Gasteiger partial charge in [-0.2, -0.15) is 0 Å². The van der Waals surface area contributed by atoms with Gasteiger partial charge in [-0.15, -0.1) is 0 Å². The Morgan fingerprint density at radius 3 is 2.63 bits per heavy atom. The summed E-state index contributed by atoms with van der Waals surface area (Å²) in [5, 5.41) is 7.88. The van der Waals surface area contributed by atoms with Gasteiger partial charge in [0.1, 0.15) is 11.4 Å². The van der Waals surface area contributed by atoms with E-state index in [0.29, 0.717) is 27.3 Å². The number of anilines is 1. The molecule has 2 heterocycles. The Kier molecular flexibility index (Phi) is 4.25. The molecule has 0 aliphatic rings. The van der Waals surface area contributed by atoms with Gasteiger partial charge >= 0.3 is 0 Å². The van der Waals surface area contributed by atoms with E-state index in [-0.39, 0.29) is 17.4 Å². The minimum atomic E-state index is -0.416. The summed E-state index contributed by atoms with van der Waals surface area (Å²) >= 11 is 6.03. The monoisotopic (exact) mass is 379 g/mol. The second kappa shape index (κ2) is 6.74. The van der Waals surface area contributed by atoms with Gasteiger partial charge in [-0.25, -0.2) is 0 Å². The first kappa shape index (κ1) is 17.1. The zero-order chi connectivity index (χ0) is 19.0. The summed E-state index contributed by atoms with van der Waals surface area (Å²) in [5.74, 6) is -0.638. The van der Waals surface area contributed by atoms with Crippen LogP contribution < -0.4 is 5.32 Å². The molecular formula is C20H14ClN3O3. The maximum Gasteiger partial charge on any atom is 0.249 e. The number of rotatable bonds is 4. The standard InChI is InChI=1S/C20H14ClN3O3/c1-11(25)22-18-14-8-7-13(21)9-16(14)23-19(18)20(26)17-10-15(24-27-17)12-5-3-2-4-6-12/h2-10,23H,1H3,(H,22,25). The third-order valence-corrected chi connectivity index (χ3v) is 4.33. The molecule has 0 fully saturated rings. The Morgan fingerprint density at radius 2 is 1.89 bits per heavy atom. The molecule has 2 aromatic carbocycles. The molecule has 0 aliphatic heterocycles. The van der Waals surface area contributed by atoms with Crippen molar-refractivity contribution in [3.05, 3.63) is 71.1 Å². The van der Waals surface area contributed by atoms with Gasteiger partial charge < -0.3 is 14.8 Å². The van der Waals surface area contributed by atoms with Gasteiger partial charge in [0.05, 0.1) is 5.69 Å². The van der Waals surface area contributed by atoms with Crippen LogP contribution in [0.3, 0.4) is 0 Å². The molecule has 6 nitrogen and oxygen atoms in total. The average Bonchev–Trinajstić information content (AvgIpc) is 3.27. The Bertz CT molecular complexity index is 1160. The SMILES string of the molecule is CC(=O)Nc1c(C(=O)c2cc(-c3ccccc3)no2)[nH]c2cc(Cl)ccc12. The molecule has 0 unspecified atom stereocenters. The van der Waals surface area contributed by atoms with Crippen molar-refractivity contribution in [1.29, 1.82) is 0 Å². The number of H-pyrrole nitrogens is 1. The van der Waals surface area contributed by atoms with E-state index in [2.05, 4.69) is 15.5 Å². The van der Waals surface area contributed by atoms with Gasteiger partial charge in [0.15, 0.2) is 0 Å². The van der Waals surface area contributed by atoms with Crippen LogP contribution in [0.4, 0.5) is 5.69 Å². The number of nitrogens with zero attached hydrogens (tertiary/aromatic N) is 1. The van der Waals surface area contributed by atoms with Gasteiger partial charge in [-0.05, 0) is 18.2 Å². The molecule has 2 aromatic heterocycles. The summed E-state index contributed by atoms with van der Waals surface area (Å²) in [7, 11) is 0. The molecule has 0 aliphatic carbocycles. The van der Waals surface area contributed by atoms with Crippen molar-refractivity contribution in [1.82, 2.24) is 10.1 Å². The topological polar surface area (TPSA) is 88.0 Å². The highest BCUT2D eigenvalue weighted by molar-refractivity contribution is 6.31. The molecule has 0 radical (unpaired) electrons. The molecule has 27 heavy (non-hydrogen) atoms. The van der Waals surface area contributed by atoms with Crippen molar-refractivity contribution in [3.8, 4) is 11.3 Å². The largest absolute Gasteiger partial charge is 0.352 e. The predicted molar refractivity (Wildman–Crippen MR) is 103 cm³/mol. The van der Waals surface area contributed by atoms with Gasteiger partial charge in [-0.3, -0.25) is 9.59 Å². The number of fused-ring (bicyclic) bond motifs is 1. The summed E-state index contributed by atoms with van der Waals surface area (Å²) in [6, 6.07) is 16.1. The second-order valence-corrected chi connectivity index (χ2v) is 6.45. The molecule has 0 atom stereocenters. The number of nitrogens with one attached hydrogen (secondary N) is 2. The van der Waals surface area contributed by atoms with Crippen molar-refractivity contribution in [3.63, 3.8) is 0 Å². The third kappa shape index (κ3) is 3.22. The number of hydrogen-bond donors (Lipinski definition) is 2. The number of carbonyl (C=O) groups is 2. The number of aromatic amines is 1. The van der Waals surface area contributed by atoms with Crippen LogP contribution in [-0.2, 0) is 4.79 Å². The summed E-state index contributed by atoms with van der Waals surface area (Å²) < 4.78 is 5.26. The van der Waals surface area contributed by atoms with Crippen LogP contribution in [0, 0.1) is 0 Å². The number of amides is 1. The molecule has 0 spiro atoms. The summed E-state index contributed by atoms with van der Waals surface area (Å²) in [6.45, 7) is 1.38. The molecule has 2 N–H and O–H groups in total. The van der Waals surface area contributed by atoms with Crippen LogP contribution >= 0.6 is 11.6 Å². The molecule has 1 amide bonds. The number of benzene rings is 2. The maximum atomic E-state index is 13.0. The molecule has 4 aromatic rings. The smallest absolute Gasteiger partial charge is 0.249 e. The van der Waals surface area contributed by atoms with Crippen LogP contribution in [0.15, 0.2) is 59.1 Å². The van der Waals surface area contributed by atoms with Gasteiger partial charge in [0, 0.05) is 34.5 Å². The third-order valence-electron chi connectivity index (χ3n) is 4.09. The zero-order valence-corrected chi connectivity index (χ0v) is 15.0. The number of ketones is 1. The second-order valence-electron chi connectivity index (χ2n) is 6.02. The van der Waals surface area contributed by atoms with E-state index in [1.165, 1.54) is 6.92 Å². The number of carbonyl (C=O) groups excluding carboxylic acids is 2. The summed E-state index contributed by atoms with van der Waals surface area (Å²) in [4.78, 5) is 27.6. The van der Waals surface area contributed by atoms with E-state index in [9.17, 15) is 9.59 Å². The lowest BCUT2D eigenvalue weighted by molar-refractivity contribution is -0.114. The molecule has 0 saturated heterocycles. The molecule has 7 heteroatoms. The van der Waals surface area contributed by atoms with Gasteiger partial charge in [0.25, 0.3) is 0 Å². The van der Waals surface area contributed by atoms with E-state index in [0.717, 1.165) is 5.56 Å². The highest BCUT2D eigenvalue weighted by Crippen LogP contribution is 2.32. The van der Waals surface area contributed by atoms with Crippen LogP contribution in [-0.4, -0.2) is 21.8 Å². The Hall–Kier alpha value is -3.38.